The second-order valence-corrected chi connectivity index (χ2v) is 5.97. The number of aromatic nitrogens is 2. The van der Waals surface area contributed by atoms with Gasteiger partial charge < -0.3 is 20.1 Å². The SMILES string of the molecule is Cc1ccc(OCC(=O)Nc2ccc(NCC3CCCO3)nn2)cc1. The van der Waals surface area contributed by atoms with Gasteiger partial charge in [0, 0.05) is 13.2 Å². The molecule has 132 valence electrons. The number of anilines is 2. The van der Waals surface area contributed by atoms with Gasteiger partial charge in [-0.25, -0.2) is 0 Å². The third kappa shape index (κ3) is 5.42. The Labute approximate surface area is 146 Å². The van der Waals surface area contributed by atoms with Gasteiger partial charge >= 0.3 is 0 Å². The van der Waals surface area contributed by atoms with Crippen LogP contribution in [0.4, 0.5) is 11.6 Å². The number of carbonyl (C=O) groups is 1. The molecule has 2 aromatic rings. The van der Waals surface area contributed by atoms with Crippen molar-refractivity contribution in [3.63, 3.8) is 0 Å². The Balaban J connectivity index is 1.42. The molecule has 7 nitrogen and oxygen atoms in total. The summed E-state index contributed by atoms with van der Waals surface area (Å²) in [4.78, 5) is 11.9. The van der Waals surface area contributed by atoms with E-state index in [-0.39, 0.29) is 18.6 Å². The number of nitrogens with zero attached hydrogens (tertiary/aromatic N) is 2. The minimum Gasteiger partial charge on any atom is -0.484 e. The molecule has 1 fully saturated rings. The van der Waals surface area contributed by atoms with Crippen LogP contribution in [0.15, 0.2) is 36.4 Å². The topological polar surface area (TPSA) is 85.4 Å². The molecule has 3 rings (SSSR count). The smallest absolute Gasteiger partial charge is 0.263 e. The van der Waals surface area contributed by atoms with Crippen molar-refractivity contribution in [2.75, 3.05) is 30.4 Å². The summed E-state index contributed by atoms with van der Waals surface area (Å²) in [6.45, 7) is 3.46. The molecule has 25 heavy (non-hydrogen) atoms. The number of ether oxygens (including phenoxy) is 2. The van der Waals surface area contributed by atoms with E-state index >= 15 is 0 Å². The molecule has 1 unspecified atom stereocenters. The average Bonchev–Trinajstić information content (AvgIpc) is 3.14. The first-order valence-corrected chi connectivity index (χ1v) is 8.37. The van der Waals surface area contributed by atoms with Crippen molar-refractivity contribution < 1.29 is 14.3 Å². The Kier molecular flexibility index (Phi) is 5.79. The van der Waals surface area contributed by atoms with Gasteiger partial charge in [0.25, 0.3) is 5.91 Å². The van der Waals surface area contributed by atoms with Crippen LogP contribution >= 0.6 is 0 Å². The maximum Gasteiger partial charge on any atom is 0.263 e. The largest absolute Gasteiger partial charge is 0.484 e. The van der Waals surface area contributed by atoms with E-state index in [0.717, 1.165) is 25.0 Å². The molecule has 1 saturated heterocycles. The molecule has 0 spiro atoms. The molecule has 1 atom stereocenters. The Bertz CT molecular complexity index is 682. The van der Waals surface area contributed by atoms with Crippen LogP contribution in [-0.2, 0) is 9.53 Å². The fourth-order valence-corrected chi connectivity index (χ4v) is 2.48. The number of benzene rings is 1. The minimum atomic E-state index is -0.282. The Hall–Kier alpha value is -2.67. The fourth-order valence-electron chi connectivity index (χ4n) is 2.48. The number of aryl methyl sites for hydroxylation is 1. The third-order valence-corrected chi connectivity index (χ3v) is 3.86. The zero-order chi connectivity index (χ0) is 17.5. The lowest BCUT2D eigenvalue weighted by atomic mass is 10.2. The molecule has 1 aromatic carbocycles. The number of carbonyl (C=O) groups excluding carboxylic acids is 1. The summed E-state index contributed by atoms with van der Waals surface area (Å²) >= 11 is 0. The summed E-state index contributed by atoms with van der Waals surface area (Å²) in [5.41, 5.74) is 1.14. The highest BCUT2D eigenvalue weighted by Gasteiger charge is 2.15. The number of amides is 1. The molecule has 1 aliphatic rings. The molecule has 0 radical (unpaired) electrons. The van der Waals surface area contributed by atoms with E-state index in [1.165, 1.54) is 0 Å². The van der Waals surface area contributed by atoms with Crippen LogP contribution in [0.1, 0.15) is 18.4 Å². The summed E-state index contributed by atoms with van der Waals surface area (Å²) in [5.74, 6) is 1.42. The van der Waals surface area contributed by atoms with E-state index in [0.29, 0.717) is 23.9 Å². The van der Waals surface area contributed by atoms with Gasteiger partial charge in [-0.3, -0.25) is 4.79 Å². The lowest BCUT2D eigenvalue weighted by molar-refractivity contribution is -0.118. The van der Waals surface area contributed by atoms with E-state index in [9.17, 15) is 4.79 Å². The van der Waals surface area contributed by atoms with Crippen LogP contribution in [0.2, 0.25) is 0 Å². The van der Waals surface area contributed by atoms with Crippen LogP contribution in [0.5, 0.6) is 5.75 Å². The second-order valence-electron chi connectivity index (χ2n) is 5.97. The molecule has 2 N–H and O–H groups in total. The zero-order valence-electron chi connectivity index (χ0n) is 14.2. The van der Waals surface area contributed by atoms with Crippen molar-refractivity contribution in [3.05, 3.63) is 42.0 Å². The van der Waals surface area contributed by atoms with Gasteiger partial charge in [0.2, 0.25) is 0 Å². The molecule has 1 amide bonds. The van der Waals surface area contributed by atoms with E-state index in [1.807, 2.05) is 31.2 Å². The van der Waals surface area contributed by atoms with Crippen LogP contribution < -0.4 is 15.4 Å². The van der Waals surface area contributed by atoms with Gasteiger partial charge in [0.1, 0.15) is 11.6 Å². The van der Waals surface area contributed by atoms with Crippen molar-refractivity contribution >= 4 is 17.5 Å². The molecule has 0 aliphatic carbocycles. The maximum atomic E-state index is 11.9. The van der Waals surface area contributed by atoms with Crippen LogP contribution in [-0.4, -0.2) is 42.0 Å². The van der Waals surface area contributed by atoms with Gasteiger partial charge in [0.15, 0.2) is 12.4 Å². The first-order chi connectivity index (χ1) is 12.2. The number of hydrogen-bond acceptors (Lipinski definition) is 6. The van der Waals surface area contributed by atoms with Gasteiger partial charge in [-0.05, 0) is 44.0 Å². The van der Waals surface area contributed by atoms with Gasteiger partial charge in [-0.2, -0.15) is 0 Å². The average molecular weight is 342 g/mol. The van der Waals surface area contributed by atoms with Crippen LogP contribution in [0.3, 0.4) is 0 Å². The van der Waals surface area contributed by atoms with E-state index in [4.69, 9.17) is 9.47 Å². The normalized spacial score (nSPS) is 16.4. The maximum absolute atomic E-state index is 11.9. The molecule has 2 heterocycles. The molecular weight excluding hydrogens is 320 g/mol. The minimum absolute atomic E-state index is 0.0796. The first kappa shape index (κ1) is 17.2. The van der Waals surface area contributed by atoms with Gasteiger partial charge in [0.05, 0.1) is 6.10 Å². The highest BCUT2D eigenvalue weighted by atomic mass is 16.5. The van der Waals surface area contributed by atoms with Crippen molar-refractivity contribution in [2.45, 2.75) is 25.9 Å². The standard InChI is InChI=1S/C18H22N4O3/c1-13-4-6-14(7-5-13)25-12-18(23)20-17-9-8-16(21-22-17)19-11-15-3-2-10-24-15/h4-9,15H,2-3,10-12H2,1H3,(H,19,21)(H,20,22,23). The number of nitrogens with one attached hydrogen (secondary N) is 2. The molecule has 0 saturated carbocycles. The zero-order valence-corrected chi connectivity index (χ0v) is 14.2. The Morgan fingerprint density at radius 1 is 1.20 bits per heavy atom. The summed E-state index contributed by atoms with van der Waals surface area (Å²) in [7, 11) is 0. The lowest BCUT2D eigenvalue weighted by Crippen LogP contribution is -2.21. The molecule has 7 heteroatoms. The van der Waals surface area contributed by atoms with E-state index in [2.05, 4.69) is 20.8 Å². The highest BCUT2D eigenvalue weighted by molar-refractivity contribution is 5.90. The van der Waals surface area contributed by atoms with Crippen LogP contribution in [0.25, 0.3) is 0 Å². The molecule has 0 bridgehead atoms. The van der Waals surface area contributed by atoms with E-state index in [1.54, 1.807) is 12.1 Å². The third-order valence-electron chi connectivity index (χ3n) is 3.86. The fraction of sp³-hybridized carbons (Fsp3) is 0.389. The molecule has 1 aromatic heterocycles. The summed E-state index contributed by atoms with van der Waals surface area (Å²) in [6.07, 6.45) is 2.41. The molecule has 1 aliphatic heterocycles. The number of hydrogen-bond donors (Lipinski definition) is 2. The Morgan fingerprint density at radius 3 is 2.64 bits per heavy atom. The van der Waals surface area contributed by atoms with Crippen molar-refractivity contribution in [2.24, 2.45) is 0 Å². The lowest BCUT2D eigenvalue weighted by Gasteiger charge is -2.11. The second kappa shape index (κ2) is 8.43. The quantitative estimate of drug-likeness (QED) is 0.804. The summed E-state index contributed by atoms with van der Waals surface area (Å²) in [5, 5.41) is 13.9. The first-order valence-electron chi connectivity index (χ1n) is 8.37. The van der Waals surface area contributed by atoms with E-state index < -0.39 is 0 Å². The van der Waals surface area contributed by atoms with Gasteiger partial charge in [-0.1, -0.05) is 17.7 Å². The monoisotopic (exact) mass is 342 g/mol. The highest BCUT2D eigenvalue weighted by Crippen LogP contribution is 2.14. The Morgan fingerprint density at radius 2 is 1.96 bits per heavy atom. The predicted molar refractivity (Wildman–Crippen MR) is 94.8 cm³/mol. The van der Waals surface area contributed by atoms with Gasteiger partial charge in [-0.15, -0.1) is 10.2 Å². The number of rotatable bonds is 7. The summed E-state index contributed by atoms with van der Waals surface area (Å²) < 4.78 is 11.0. The molecular formula is C18H22N4O3. The summed E-state index contributed by atoms with van der Waals surface area (Å²) in [6, 6.07) is 11.0. The van der Waals surface area contributed by atoms with Crippen molar-refractivity contribution in [3.8, 4) is 5.75 Å². The van der Waals surface area contributed by atoms with Crippen molar-refractivity contribution in [1.29, 1.82) is 0 Å². The predicted octanol–water partition coefficient (Wildman–Crippen LogP) is 2.39. The van der Waals surface area contributed by atoms with Crippen LogP contribution in [0, 0.1) is 6.92 Å². The van der Waals surface area contributed by atoms with Crippen molar-refractivity contribution in [1.82, 2.24) is 10.2 Å².